The predicted octanol–water partition coefficient (Wildman–Crippen LogP) is 3.48. The Morgan fingerprint density at radius 2 is 2.40 bits per heavy atom. The summed E-state index contributed by atoms with van der Waals surface area (Å²) < 4.78 is 0.373. The smallest absolute Gasteiger partial charge is 0.0412 e. The van der Waals surface area contributed by atoms with Gasteiger partial charge in [-0.2, -0.15) is 0 Å². The predicted molar refractivity (Wildman–Crippen MR) is 54.6 cm³/mol. The third-order valence-corrected chi connectivity index (χ3v) is 2.50. The Balaban J connectivity index is 2.75. The Bertz CT molecular complexity index is 175. The quantitative estimate of drug-likeness (QED) is 0.492. The summed E-state index contributed by atoms with van der Waals surface area (Å²) in [6.07, 6.45) is 9.21. The molecule has 0 fully saturated rings. The first-order chi connectivity index (χ1) is 4.64. The van der Waals surface area contributed by atoms with Gasteiger partial charge in [-0.3, -0.25) is 0 Å². The van der Waals surface area contributed by atoms with E-state index in [9.17, 15) is 0 Å². The molecule has 0 saturated heterocycles. The van der Waals surface area contributed by atoms with Crippen molar-refractivity contribution in [2.45, 2.75) is 30.1 Å². The number of rotatable bonds is 1. The van der Waals surface area contributed by atoms with Crippen molar-refractivity contribution in [3.05, 3.63) is 23.8 Å². The second-order valence-electron chi connectivity index (χ2n) is 2.96. The second-order valence-corrected chi connectivity index (χ2v) is 5.42. The molecule has 1 unspecified atom stereocenters. The molecule has 0 N–H and O–H groups in total. The van der Waals surface area contributed by atoms with Gasteiger partial charge in [-0.1, -0.05) is 53.3 Å². The molecule has 0 radical (unpaired) electrons. The van der Waals surface area contributed by atoms with Crippen LogP contribution in [-0.4, -0.2) is 3.42 Å². The van der Waals surface area contributed by atoms with E-state index in [-0.39, 0.29) is 0 Å². The Kier molecular flexibility index (Phi) is 2.55. The molecular formula is C9H13I. The highest BCUT2D eigenvalue weighted by Gasteiger charge is 2.17. The van der Waals surface area contributed by atoms with Crippen LogP contribution in [0, 0.1) is 0 Å². The van der Waals surface area contributed by atoms with Crippen molar-refractivity contribution < 1.29 is 0 Å². The Labute approximate surface area is 76.5 Å². The van der Waals surface area contributed by atoms with E-state index in [1.54, 1.807) is 0 Å². The van der Waals surface area contributed by atoms with Crippen molar-refractivity contribution in [3.8, 4) is 0 Å². The lowest BCUT2D eigenvalue weighted by Gasteiger charge is -2.20. The molecule has 0 aliphatic heterocycles. The minimum absolute atomic E-state index is 0.373. The summed E-state index contributed by atoms with van der Waals surface area (Å²) in [4.78, 5) is 0. The maximum atomic E-state index is 2.50. The van der Waals surface area contributed by atoms with Crippen LogP contribution in [0.25, 0.3) is 0 Å². The summed E-state index contributed by atoms with van der Waals surface area (Å²) in [5.41, 5.74) is 1.48. The van der Waals surface area contributed by atoms with Crippen LogP contribution in [0.1, 0.15) is 26.7 Å². The van der Waals surface area contributed by atoms with Gasteiger partial charge >= 0.3 is 0 Å². The summed E-state index contributed by atoms with van der Waals surface area (Å²) in [7, 11) is 0. The fourth-order valence-corrected chi connectivity index (χ4v) is 1.81. The van der Waals surface area contributed by atoms with Crippen LogP contribution >= 0.6 is 22.6 Å². The molecule has 0 aromatic rings. The van der Waals surface area contributed by atoms with E-state index < -0.39 is 0 Å². The maximum Gasteiger partial charge on any atom is 0.0412 e. The van der Waals surface area contributed by atoms with Gasteiger partial charge in [0.15, 0.2) is 0 Å². The first kappa shape index (κ1) is 8.31. The third-order valence-electron chi connectivity index (χ3n) is 1.74. The molecule has 0 saturated carbocycles. The standard InChI is InChI=1S/C9H13I/c1-3-8-5-4-6-9(2,10)7-8/h4-5,7H,3,6H2,1-2H3. The Hall–Kier alpha value is 0.210. The molecule has 0 nitrogen and oxygen atoms in total. The minimum atomic E-state index is 0.373. The van der Waals surface area contributed by atoms with Gasteiger partial charge in [-0.25, -0.2) is 0 Å². The van der Waals surface area contributed by atoms with Crippen LogP contribution in [-0.2, 0) is 0 Å². The van der Waals surface area contributed by atoms with E-state index in [4.69, 9.17) is 0 Å². The summed E-state index contributed by atoms with van der Waals surface area (Å²) in [5.74, 6) is 0. The van der Waals surface area contributed by atoms with Crippen molar-refractivity contribution >= 4 is 22.6 Å². The molecule has 0 bridgehead atoms. The molecule has 1 heteroatoms. The third kappa shape index (κ3) is 2.11. The number of allylic oxidation sites excluding steroid dienone is 4. The molecular weight excluding hydrogens is 235 g/mol. The molecule has 0 aromatic carbocycles. The lowest BCUT2D eigenvalue weighted by atomic mass is 9.97. The van der Waals surface area contributed by atoms with Crippen LogP contribution in [0.3, 0.4) is 0 Å². The van der Waals surface area contributed by atoms with Gasteiger partial charge in [-0.05, 0) is 19.8 Å². The lowest BCUT2D eigenvalue weighted by Crippen LogP contribution is -2.13. The van der Waals surface area contributed by atoms with E-state index in [2.05, 4.69) is 54.7 Å². The first-order valence-corrected chi connectivity index (χ1v) is 4.79. The number of alkyl halides is 1. The normalized spacial score (nSPS) is 32.1. The molecule has 1 rings (SSSR count). The summed E-state index contributed by atoms with van der Waals surface area (Å²) in [6.45, 7) is 4.47. The fourth-order valence-electron chi connectivity index (χ4n) is 1.15. The van der Waals surface area contributed by atoms with Gasteiger partial charge < -0.3 is 0 Å². The van der Waals surface area contributed by atoms with Gasteiger partial charge in [0.25, 0.3) is 0 Å². The van der Waals surface area contributed by atoms with E-state index in [0.29, 0.717) is 3.42 Å². The molecule has 0 aromatic heterocycles. The largest absolute Gasteiger partial charge is 0.0826 e. The van der Waals surface area contributed by atoms with E-state index in [1.807, 2.05) is 0 Å². The number of hydrogen-bond acceptors (Lipinski definition) is 0. The first-order valence-electron chi connectivity index (χ1n) is 3.71. The Morgan fingerprint density at radius 3 is 2.80 bits per heavy atom. The van der Waals surface area contributed by atoms with Gasteiger partial charge in [-0.15, -0.1) is 0 Å². The molecule has 0 amide bonds. The zero-order valence-corrected chi connectivity index (χ0v) is 8.68. The van der Waals surface area contributed by atoms with Gasteiger partial charge in [0.1, 0.15) is 0 Å². The van der Waals surface area contributed by atoms with Crippen molar-refractivity contribution in [2.24, 2.45) is 0 Å². The Morgan fingerprint density at radius 1 is 1.70 bits per heavy atom. The molecule has 0 heterocycles. The minimum Gasteiger partial charge on any atom is -0.0826 e. The van der Waals surface area contributed by atoms with Gasteiger partial charge in [0.05, 0.1) is 0 Å². The van der Waals surface area contributed by atoms with Crippen LogP contribution in [0.5, 0.6) is 0 Å². The van der Waals surface area contributed by atoms with E-state index >= 15 is 0 Å². The maximum absolute atomic E-state index is 2.50. The van der Waals surface area contributed by atoms with Gasteiger partial charge in [0.2, 0.25) is 0 Å². The molecule has 10 heavy (non-hydrogen) atoms. The van der Waals surface area contributed by atoms with Gasteiger partial charge in [0, 0.05) is 3.42 Å². The molecule has 1 atom stereocenters. The van der Waals surface area contributed by atoms with Crippen molar-refractivity contribution in [1.29, 1.82) is 0 Å². The van der Waals surface area contributed by atoms with Crippen LogP contribution in [0.4, 0.5) is 0 Å². The van der Waals surface area contributed by atoms with E-state index in [0.717, 1.165) is 6.42 Å². The van der Waals surface area contributed by atoms with Crippen LogP contribution < -0.4 is 0 Å². The zero-order valence-electron chi connectivity index (χ0n) is 6.52. The topological polar surface area (TPSA) is 0 Å². The summed E-state index contributed by atoms with van der Waals surface area (Å²) in [5, 5.41) is 0. The molecule has 1 aliphatic carbocycles. The SMILES string of the molecule is CCC1=CC(C)(I)CC=C1. The van der Waals surface area contributed by atoms with Crippen molar-refractivity contribution in [1.82, 2.24) is 0 Å². The molecule has 56 valence electrons. The lowest BCUT2D eigenvalue weighted by molar-refractivity contribution is 0.818. The highest BCUT2D eigenvalue weighted by atomic mass is 127. The molecule has 1 aliphatic rings. The van der Waals surface area contributed by atoms with Crippen molar-refractivity contribution in [3.63, 3.8) is 0 Å². The van der Waals surface area contributed by atoms with Crippen molar-refractivity contribution in [2.75, 3.05) is 0 Å². The summed E-state index contributed by atoms with van der Waals surface area (Å²) in [6, 6.07) is 0. The fraction of sp³-hybridized carbons (Fsp3) is 0.556. The summed E-state index contributed by atoms with van der Waals surface area (Å²) >= 11 is 2.50. The van der Waals surface area contributed by atoms with E-state index in [1.165, 1.54) is 12.0 Å². The number of hydrogen-bond donors (Lipinski definition) is 0. The van der Waals surface area contributed by atoms with Crippen LogP contribution in [0.2, 0.25) is 0 Å². The average Bonchev–Trinajstić information content (AvgIpc) is 1.86. The zero-order chi connectivity index (χ0) is 7.61. The average molecular weight is 248 g/mol. The number of halogens is 1. The van der Waals surface area contributed by atoms with Crippen LogP contribution in [0.15, 0.2) is 23.8 Å². The second kappa shape index (κ2) is 3.07. The highest BCUT2D eigenvalue weighted by molar-refractivity contribution is 14.1. The highest BCUT2D eigenvalue weighted by Crippen LogP contribution is 2.30. The molecule has 0 spiro atoms. The monoisotopic (exact) mass is 248 g/mol.